The van der Waals surface area contributed by atoms with E-state index < -0.39 is 17.7 Å². The lowest BCUT2D eigenvalue weighted by Gasteiger charge is -2.25. The minimum absolute atomic E-state index is 0.0529. The number of nitrogens with zero attached hydrogens (tertiary/aromatic N) is 2. The SMILES string of the molecule is COc1ccc(/C(O)=C2/C(=O)C(=O)N(Cc3cccnc3)C2c2ccccc2)cc1Br. The fraction of sp³-hybridized carbons (Fsp3) is 0.125. The number of carbonyl (C=O) groups is 2. The average Bonchev–Trinajstić information content (AvgIpc) is 3.04. The number of aliphatic hydroxyl groups excluding tert-OH is 1. The molecule has 1 fully saturated rings. The molecule has 2 aromatic carbocycles. The van der Waals surface area contributed by atoms with Gasteiger partial charge in [-0.2, -0.15) is 0 Å². The number of ether oxygens (including phenoxy) is 1. The van der Waals surface area contributed by atoms with Crippen LogP contribution in [0.15, 0.2) is 83.1 Å². The molecule has 156 valence electrons. The number of likely N-dealkylation sites (tertiary alicyclic amines) is 1. The highest BCUT2D eigenvalue weighted by Crippen LogP contribution is 2.41. The Morgan fingerprint density at radius 2 is 1.90 bits per heavy atom. The summed E-state index contributed by atoms with van der Waals surface area (Å²) in [7, 11) is 1.54. The second kappa shape index (κ2) is 8.73. The molecule has 3 aromatic rings. The highest BCUT2D eigenvalue weighted by molar-refractivity contribution is 9.10. The van der Waals surface area contributed by atoms with E-state index in [0.717, 1.165) is 11.1 Å². The quantitative estimate of drug-likeness (QED) is 0.332. The van der Waals surface area contributed by atoms with E-state index in [4.69, 9.17) is 4.74 Å². The zero-order chi connectivity index (χ0) is 22.0. The van der Waals surface area contributed by atoms with Gasteiger partial charge in [0.25, 0.3) is 11.7 Å². The third-order valence-electron chi connectivity index (χ3n) is 5.16. The molecule has 1 aliphatic heterocycles. The minimum Gasteiger partial charge on any atom is -0.507 e. The van der Waals surface area contributed by atoms with Gasteiger partial charge in [0.05, 0.1) is 23.2 Å². The summed E-state index contributed by atoms with van der Waals surface area (Å²) in [6.45, 7) is 0.195. The molecule has 1 unspecified atom stereocenters. The zero-order valence-corrected chi connectivity index (χ0v) is 18.2. The van der Waals surface area contributed by atoms with Crippen molar-refractivity contribution in [3.63, 3.8) is 0 Å². The molecule has 0 bridgehead atoms. The molecule has 6 nitrogen and oxygen atoms in total. The maximum absolute atomic E-state index is 13.1. The Bertz CT molecular complexity index is 1160. The predicted molar refractivity (Wildman–Crippen MR) is 119 cm³/mol. The molecule has 1 atom stereocenters. The van der Waals surface area contributed by atoms with Gasteiger partial charge in [-0.3, -0.25) is 14.6 Å². The Morgan fingerprint density at radius 3 is 2.55 bits per heavy atom. The van der Waals surface area contributed by atoms with Crippen LogP contribution in [0.5, 0.6) is 5.75 Å². The van der Waals surface area contributed by atoms with Crippen molar-refractivity contribution in [3.8, 4) is 5.75 Å². The first-order valence-corrected chi connectivity index (χ1v) is 10.4. The van der Waals surface area contributed by atoms with Gasteiger partial charge in [-0.1, -0.05) is 36.4 Å². The van der Waals surface area contributed by atoms with Gasteiger partial charge in [0.15, 0.2) is 0 Å². The van der Waals surface area contributed by atoms with Gasteiger partial charge in [-0.05, 0) is 51.3 Å². The van der Waals surface area contributed by atoms with Gasteiger partial charge >= 0.3 is 0 Å². The van der Waals surface area contributed by atoms with Crippen molar-refractivity contribution in [2.75, 3.05) is 7.11 Å². The molecule has 1 aromatic heterocycles. The van der Waals surface area contributed by atoms with Crippen molar-refractivity contribution in [1.29, 1.82) is 0 Å². The summed E-state index contributed by atoms with van der Waals surface area (Å²) in [5.74, 6) is -1.02. The van der Waals surface area contributed by atoms with E-state index in [-0.39, 0.29) is 17.9 Å². The van der Waals surface area contributed by atoms with Crippen LogP contribution in [0.3, 0.4) is 0 Å². The third-order valence-corrected chi connectivity index (χ3v) is 5.78. The van der Waals surface area contributed by atoms with Gasteiger partial charge in [-0.15, -0.1) is 0 Å². The van der Waals surface area contributed by atoms with Gasteiger partial charge in [0.2, 0.25) is 0 Å². The molecule has 4 rings (SSSR count). The van der Waals surface area contributed by atoms with E-state index in [1.807, 2.05) is 36.4 Å². The smallest absolute Gasteiger partial charge is 0.295 e. The van der Waals surface area contributed by atoms with Crippen molar-refractivity contribution >= 4 is 33.4 Å². The van der Waals surface area contributed by atoms with E-state index in [1.54, 1.807) is 43.8 Å². The molecule has 1 N–H and O–H groups in total. The lowest BCUT2D eigenvalue weighted by molar-refractivity contribution is -0.140. The summed E-state index contributed by atoms with van der Waals surface area (Å²) in [6, 6.07) is 17.1. The van der Waals surface area contributed by atoms with Crippen molar-refractivity contribution in [1.82, 2.24) is 9.88 Å². The number of rotatable bonds is 5. The summed E-state index contributed by atoms with van der Waals surface area (Å²) >= 11 is 3.40. The summed E-state index contributed by atoms with van der Waals surface area (Å²) in [6.07, 6.45) is 3.30. The first kappa shape index (κ1) is 20.8. The molecule has 7 heteroatoms. The number of benzene rings is 2. The fourth-order valence-corrected chi connectivity index (χ4v) is 4.22. The van der Waals surface area contributed by atoms with Gasteiger partial charge < -0.3 is 14.7 Å². The zero-order valence-electron chi connectivity index (χ0n) is 16.7. The minimum atomic E-state index is -0.720. The highest BCUT2D eigenvalue weighted by Gasteiger charge is 2.46. The number of aliphatic hydroxyl groups is 1. The standard InChI is InChI=1S/C24H19BrN2O4/c1-31-19-10-9-17(12-18(19)25)22(28)20-21(16-7-3-2-4-8-16)27(24(30)23(20)29)14-15-6-5-11-26-13-15/h2-13,21,28H,14H2,1H3/b22-20-. The van der Waals surface area contributed by atoms with Crippen molar-refractivity contribution in [2.45, 2.75) is 12.6 Å². The van der Waals surface area contributed by atoms with E-state index in [0.29, 0.717) is 15.8 Å². The molecule has 0 saturated carbocycles. The van der Waals surface area contributed by atoms with Crippen LogP contribution in [-0.4, -0.2) is 33.8 Å². The molecule has 0 aliphatic carbocycles. The normalized spacial score (nSPS) is 17.7. The monoisotopic (exact) mass is 478 g/mol. The molecule has 1 aliphatic rings. The van der Waals surface area contributed by atoms with Crippen molar-refractivity contribution in [3.05, 3.63) is 99.8 Å². The van der Waals surface area contributed by atoms with E-state index in [9.17, 15) is 14.7 Å². The molecule has 1 amide bonds. The van der Waals surface area contributed by atoms with Crippen LogP contribution in [-0.2, 0) is 16.1 Å². The number of hydrogen-bond acceptors (Lipinski definition) is 5. The fourth-order valence-electron chi connectivity index (χ4n) is 3.68. The van der Waals surface area contributed by atoms with Gasteiger partial charge in [-0.25, -0.2) is 0 Å². The van der Waals surface area contributed by atoms with Crippen LogP contribution < -0.4 is 4.74 Å². The van der Waals surface area contributed by atoms with Crippen molar-refractivity contribution < 1.29 is 19.4 Å². The van der Waals surface area contributed by atoms with Crippen LogP contribution in [0.2, 0.25) is 0 Å². The third kappa shape index (κ3) is 3.96. The Kier molecular flexibility index (Phi) is 5.86. The Balaban J connectivity index is 1.85. The molecule has 0 radical (unpaired) electrons. The molecule has 1 saturated heterocycles. The van der Waals surface area contributed by atoms with Crippen LogP contribution in [0.25, 0.3) is 5.76 Å². The second-order valence-electron chi connectivity index (χ2n) is 7.05. The van der Waals surface area contributed by atoms with E-state index in [2.05, 4.69) is 20.9 Å². The van der Waals surface area contributed by atoms with Gasteiger partial charge in [0.1, 0.15) is 11.5 Å². The van der Waals surface area contributed by atoms with Crippen LogP contribution >= 0.6 is 15.9 Å². The molecule has 2 heterocycles. The summed E-state index contributed by atoms with van der Waals surface area (Å²) in [5.41, 5.74) is 1.99. The summed E-state index contributed by atoms with van der Waals surface area (Å²) in [4.78, 5) is 31.6. The number of amides is 1. The largest absolute Gasteiger partial charge is 0.507 e. The van der Waals surface area contributed by atoms with Crippen molar-refractivity contribution in [2.24, 2.45) is 0 Å². The van der Waals surface area contributed by atoms with E-state index in [1.165, 1.54) is 4.90 Å². The molecule has 31 heavy (non-hydrogen) atoms. The lowest BCUT2D eigenvalue weighted by atomic mass is 9.95. The first-order valence-electron chi connectivity index (χ1n) is 9.57. The Labute approximate surface area is 187 Å². The maximum atomic E-state index is 13.1. The topological polar surface area (TPSA) is 79.7 Å². The number of aromatic nitrogens is 1. The number of ketones is 1. The molecular weight excluding hydrogens is 460 g/mol. The van der Waals surface area contributed by atoms with E-state index >= 15 is 0 Å². The Morgan fingerprint density at radius 1 is 1.13 bits per heavy atom. The van der Waals surface area contributed by atoms with Gasteiger partial charge in [0, 0.05) is 24.5 Å². The lowest BCUT2D eigenvalue weighted by Crippen LogP contribution is -2.29. The number of hydrogen-bond donors (Lipinski definition) is 1. The summed E-state index contributed by atoms with van der Waals surface area (Å²) < 4.78 is 5.86. The van der Waals surface area contributed by atoms with Crippen LogP contribution in [0.1, 0.15) is 22.7 Å². The van der Waals surface area contributed by atoms with Crippen LogP contribution in [0, 0.1) is 0 Å². The first-order chi connectivity index (χ1) is 15.0. The molecular formula is C24H19BrN2O4. The average molecular weight is 479 g/mol. The Hall–Kier alpha value is -3.45. The number of halogens is 1. The van der Waals surface area contributed by atoms with Crippen LogP contribution in [0.4, 0.5) is 0 Å². The maximum Gasteiger partial charge on any atom is 0.295 e. The second-order valence-corrected chi connectivity index (χ2v) is 7.90. The highest BCUT2D eigenvalue weighted by atomic mass is 79.9. The number of methoxy groups -OCH3 is 1. The molecule has 0 spiro atoms. The number of carbonyl (C=O) groups excluding carboxylic acids is 2. The predicted octanol–water partition coefficient (Wildman–Crippen LogP) is 4.47. The summed E-state index contributed by atoms with van der Waals surface area (Å²) in [5, 5.41) is 11.1. The number of Topliss-reactive ketones (excluding diaryl/α,β-unsaturated/α-hetero) is 1. The number of pyridine rings is 1.